The number of nitrogens with zero attached hydrogens (tertiary/aromatic N) is 2. The number of carbonyl (C=O) groups excluding carboxylic acids is 2. The van der Waals surface area contributed by atoms with Gasteiger partial charge in [0.05, 0.1) is 12.2 Å². The third-order valence-electron chi connectivity index (χ3n) is 5.52. The molecule has 1 aromatic heterocycles. The lowest BCUT2D eigenvalue weighted by molar-refractivity contribution is -0.122. The van der Waals surface area contributed by atoms with Gasteiger partial charge in [-0.3, -0.25) is 14.3 Å². The van der Waals surface area contributed by atoms with Crippen molar-refractivity contribution >= 4 is 43.7 Å². The van der Waals surface area contributed by atoms with Crippen molar-refractivity contribution < 1.29 is 9.59 Å². The van der Waals surface area contributed by atoms with Crippen LogP contribution >= 0.6 is 31.9 Å². The Hall–Kier alpha value is -3.23. The smallest absolute Gasteiger partial charge is 0.270 e. The van der Waals surface area contributed by atoms with Crippen LogP contribution in [0, 0.1) is 0 Å². The minimum Gasteiger partial charge on any atom is -0.357 e. The van der Waals surface area contributed by atoms with Crippen LogP contribution in [0.5, 0.6) is 0 Å². The normalized spacial score (nSPS) is 11.6. The molecule has 178 valence electrons. The SMILES string of the molecule is CNC(=O)C(Cc1cccc(Br)c1)NC(=O)c1cc(-c2ccccc2)nn1Cc1ccc(Br)cc1. The Kier molecular flexibility index (Phi) is 8.15. The van der Waals surface area contributed by atoms with Crippen LogP contribution in [0.2, 0.25) is 0 Å². The maximum absolute atomic E-state index is 13.5. The molecular formula is C27H24Br2N4O2. The molecule has 3 aromatic carbocycles. The largest absolute Gasteiger partial charge is 0.357 e. The number of amides is 2. The lowest BCUT2D eigenvalue weighted by Crippen LogP contribution is -2.47. The van der Waals surface area contributed by atoms with E-state index in [1.54, 1.807) is 17.8 Å². The van der Waals surface area contributed by atoms with E-state index in [4.69, 9.17) is 5.10 Å². The summed E-state index contributed by atoms with van der Waals surface area (Å²) in [7, 11) is 1.56. The average molecular weight is 596 g/mol. The van der Waals surface area contributed by atoms with Gasteiger partial charge in [0, 0.05) is 28.0 Å². The molecule has 4 rings (SSSR count). The summed E-state index contributed by atoms with van der Waals surface area (Å²) in [6.07, 6.45) is 0.358. The molecule has 1 atom stereocenters. The van der Waals surface area contributed by atoms with Gasteiger partial charge in [0.2, 0.25) is 5.91 Å². The van der Waals surface area contributed by atoms with E-state index in [0.717, 1.165) is 25.6 Å². The maximum Gasteiger partial charge on any atom is 0.270 e. The molecule has 2 amide bonds. The molecule has 1 unspecified atom stereocenters. The number of aromatic nitrogens is 2. The highest BCUT2D eigenvalue weighted by Crippen LogP contribution is 2.21. The van der Waals surface area contributed by atoms with Crippen molar-refractivity contribution in [2.24, 2.45) is 0 Å². The summed E-state index contributed by atoms with van der Waals surface area (Å²) < 4.78 is 3.57. The predicted molar refractivity (Wildman–Crippen MR) is 144 cm³/mol. The fourth-order valence-electron chi connectivity index (χ4n) is 3.75. The van der Waals surface area contributed by atoms with E-state index in [1.165, 1.54) is 0 Å². The molecule has 4 aromatic rings. The van der Waals surface area contributed by atoms with E-state index in [2.05, 4.69) is 42.5 Å². The zero-order valence-electron chi connectivity index (χ0n) is 19.0. The molecule has 0 aliphatic carbocycles. The number of halogens is 2. The number of carbonyl (C=O) groups is 2. The molecule has 0 fully saturated rings. The molecule has 6 nitrogen and oxygen atoms in total. The second-order valence-corrected chi connectivity index (χ2v) is 9.87. The van der Waals surface area contributed by atoms with Gasteiger partial charge in [0.1, 0.15) is 11.7 Å². The quantitative estimate of drug-likeness (QED) is 0.294. The predicted octanol–water partition coefficient (Wildman–Crippen LogP) is 5.21. The van der Waals surface area contributed by atoms with Gasteiger partial charge in [-0.2, -0.15) is 5.10 Å². The molecule has 1 heterocycles. The van der Waals surface area contributed by atoms with E-state index in [1.807, 2.05) is 78.9 Å². The number of likely N-dealkylation sites (N-methyl/N-ethyl adjacent to an activating group) is 1. The van der Waals surface area contributed by atoms with Crippen LogP contribution in [0.4, 0.5) is 0 Å². The maximum atomic E-state index is 13.5. The van der Waals surface area contributed by atoms with E-state index < -0.39 is 6.04 Å². The van der Waals surface area contributed by atoms with Crippen molar-refractivity contribution in [3.63, 3.8) is 0 Å². The van der Waals surface area contributed by atoms with Crippen molar-refractivity contribution in [3.05, 3.63) is 111 Å². The zero-order valence-corrected chi connectivity index (χ0v) is 22.2. The first kappa shape index (κ1) is 24.9. The van der Waals surface area contributed by atoms with Crippen LogP contribution in [0.25, 0.3) is 11.3 Å². The summed E-state index contributed by atoms with van der Waals surface area (Å²) in [5.74, 6) is -0.624. The highest BCUT2D eigenvalue weighted by atomic mass is 79.9. The van der Waals surface area contributed by atoms with Crippen LogP contribution in [0.1, 0.15) is 21.6 Å². The third-order valence-corrected chi connectivity index (χ3v) is 6.55. The van der Waals surface area contributed by atoms with Gasteiger partial charge in [-0.05, 0) is 41.5 Å². The Balaban J connectivity index is 1.64. The Bertz CT molecular complexity index is 1320. The molecule has 2 N–H and O–H groups in total. The number of hydrogen-bond acceptors (Lipinski definition) is 3. The highest BCUT2D eigenvalue weighted by Gasteiger charge is 2.24. The van der Waals surface area contributed by atoms with Crippen LogP contribution < -0.4 is 10.6 Å². The highest BCUT2D eigenvalue weighted by molar-refractivity contribution is 9.10. The van der Waals surface area contributed by atoms with Gasteiger partial charge in [-0.15, -0.1) is 0 Å². The standard InChI is InChI=1S/C27H24Br2N4O2/c1-30-26(34)24(15-19-6-5-9-22(29)14-19)31-27(35)25-16-23(20-7-3-2-4-8-20)32-33(25)17-18-10-12-21(28)13-11-18/h2-14,16,24H,15,17H2,1H3,(H,30,34)(H,31,35). The number of rotatable bonds is 8. The van der Waals surface area contributed by atoms with Gasteiger partial charge in [0.25, 0.3) is 5.91 Å². The molecule has 35 heavy (non-hydrogen) atoms. The number of hydrogen-bond donors (Lipinski definition) is 2. The molecule has 0 saturated heterocycles. The number of nitrogens with one attached hydrogen (secondary N) is 2. The molecule has 0 spiro atoms. The molecular weight excluding hydrogens is 572 g/mol. The van der Waals surface area contributed by atoms with Crippen molar-refractivity contribution in [3.8, 4) is 11.3 Å². The van der Waals surface area contributed by atoms with Gasteiger partial charge < -0.3 is 10.6 Å². The van der Waals surface area contributed by atoms with Crippen LogP contribution in [0.3, 0.4) is 0 Å². The lowest BCUT2D eigenvalue weighted by atomic mass is 10.0. The Labute approximate surface area is 221 Å². The van der Waals surface area contributed by atoms with Crippen molar-refractivity contribution in [1.29, 1.82) is 0 Å². The molecule has 0 saturated carbocycles. The van der Waals surface area contributed by atoms with Crippen molar-refractivity contribution in [2.45, 2.75) is 19.0 Å². The summed E-state index contributed by atoms with van der Waals surface area (Å²) in [4.78, 5) is 26.1. The van der Waals surface area contributed by atoms with Crippen molar-refractivity contribution in [2.75, 3.05) is 7.05 Å². The van der Waals surface area contributed by atoms with Gasteiger partial charge >= 0.3 is 0 Å². The minimum absolute atomic E-state index is 0.263. The summed E-state index contributed by atoms with van der Waals surface area (Å²) in [5, 5.41) is 10.3. The van der Waals surface area contributed by atoms with Crippen molar-refractivity contribution in [1.82, 2.24) is 20.4 Å². The fraction of sp³-hybridized carbons (Fsp3) is 0.148. The first-order valence-electron chi connectivity index (χ1n) is 11.1. The summed E-state index contributed by atoms with van der Waals surface area (Å²) >= 11 is 6.92. The third kappa shape index (κ3) is 6.46. The van der Waals surface area contributed by atoms with Gasteiger partial charge in [-0.25, -0.2) is 0 Å². The minimum atomic E-state index is -0.738. The Morgan fingerprint density at radius 1 is 0.886 bits per heavy atom. The van der Waals surface area contributed by atoms with Crippen LogP contribution in [-0.2, 0) is 17.8 Å². The monoisotopic (exact) mass is 594 g/mol. The summed E-state index contributed by atoms with van der Waals surface area (Å²) in [6.45, 7) is 0.416. The molecule has 0 radical (unpaired) electrons. The fourth-order valence-corrected chi connectivity index (χ4v) is 4.46. The number of benzene rings is 3. The average Bonchev–Trinajstić information content (AvgIpc) is 3.29. The second-order valence-electron chi connectivity index (χ2n) is 8.04. The zero-order chi connectivity index (χ0) is 24.8. The second kappa shape index (κ2) is 11.5. The molecule has 0 aliphatic rings. The van der Waals surface area contributed by atoms with E-state index >= 15 is 0 Å². The molecule has 8 heteroatoms. The van der Waals surface area contributed by atoms with E-state index in [9.17, 15) is 9.59 Å². The van der Waals surface area contributed by atoms with Crippen LogP contribution in [0.15, 0.2) is 93.9 Å². The molecule has 0 bridgehead atoms. The first-order valence-corrected chi connectivity index (χ1v) is 12.7. The van der Waals surface area contributed by atoms with Gasteiger partial charge in [-0.1, -0.05) is 86.5 Å². The summed E-state index contributed by atoms with van der Waals surface area (Å²) in [6, 6.07) is 26.3. The topological polar surface area (TPSA) is 76.0 Å². The molecule has 0 aliphatic heterocycles. The van der Waals surface area contributed by atoms with E-state index in [-0.39, 0.29) is 11.8 Å². The van der Waals surface area contributed by atoms with Crippen LogP contribution in [-0.4, -0.2) is 34.7 Å². The Morgan fingerprint density at radius 2 is 1.63 bits per heavy atom. The Morgan fingerprint density at radius 3 is 2.31 bits per heavy atom. The first-order chi connectivity index (χ1) is 16.9. The van der Waals surface area contributed by atoms with Gasteiger partial charge in [0.15, 0.2) is 0 Å². The lowest BCUT2D eigenvalue weighted by Gasteiger charge is -2.18. The summed E-state index contributed by atoms with van der Waals surface area (Å²) in [5.41, 5.74) is 3.92. The van der Waals surface area contributed by atoms with E-state index in [0.29, 0.717) is 24.4 Å².